The summed E-state index contributed by atoms with van der Waals surface area (Å²) in [5.41, 5.74) is 5.59. The molecule has 0 unspecified atom stereocenters. The summed E-state index contributed by atoms with van der Waals surface area (Å²) in [6.45, 7) is 14.0. The van der Waals surface area contributed by atoms with E-state index >= 15 is 0 Å². The third-order valence-electron chi connectivity index (χ3n) is 6.32. The predicted octanol–water partition coefficient (Wildman–Crippen LogP) is 4.92. The molecule has 2 heterocycles. The van der Waals surface area contributed by atoms with Gasteiger partial charge in [0.1, 0.15) is 5.75 Å². The first kappa shape index (κ1) is 24.6. The molecular formula is C27H35N3O3S. The molecule has 0 bridgehead atoms. The maximum Gasteiger partial charge on any atom is 0.233 e. The molecule has 1 aromatic heterocycles. The average molecular weight is 482 g/mol. The summed E-state index contributed by atoms with van der Waals surface area (Å²) in [5.74, 6) is 0.933. The van der Waals surface area contributed by atoms with Crippen molar-refractivity contribution < 1.29 is 14.3 Å². The lowest BCUT2D eigenvalue weighted by atomic mass is 9.97. The summed E-state index contributed by atoms with van der Waals surface area (Å²) in [4.78, 5) is 22.8. The van der Waals surface area contributed by atoms with E-state index in [9.17, 15) is 4.79 Å². The molecule has 1 fully saturated rings. The quantitative estimate of drug-likeness (QED) is 0.434. The van der Waals surface area contributed by atoms with Gasteiger partial charge in [-0.25, -0.2) is 4.98 Å². The van der Waals surface area contributed by atoms with Gasteiger partial charge in [-0.3, -0.25) is 14.6 Å². The Bertz CT molecular complexity index is 1110. The standard InChI is InChI=1S/C27H35N3O3S/c1-5-33-22-7-8-24-25(17-22)34-27(28-24)30(10-6-9-29-11-13-32-14-12-29)26(31)18-23-20(3)15-19(2)16-21(23)4/h7-8,15-17H,5-6,9-14,18H2,1-4H3. The molecule has 1 saturated heterocycles. The minimum absolute atomic E-state index is 0.0983. The lowest BCUT2D eigenvalue weighted by Crippen LogP contribution is -2.39. The highest BCUT2D eigenvalue weighted by molar-refractivity contribution is 7.22. The number of aryl methyl sites for hydroxylation is 3. The van der Waals surface area contributed by atoms with Gasteiger partial charge in [0.05, 0.1) is 36.5 Å². The van der Waals surface area contributed by atoms with E-state index in [0.717, 1.165) is 65.9 Å². The maximum atomic E-state index is 13.7. The molecule has 6 nitrogen and oxygen atoms in total. The van der Waals surface area contributed by atoms with Crippen LogP contribution in [0.5, 0.6) is 5.75 Å². The maximum absolute atomic E-state index is 13.7. The van der Waals surface area contributed by atoms with Crippen molar-refractivity contribution in [3.8, 4) is 5.75 Å². The fraction of sp³-hybridized carbons (Fsp3) is 0.481. The van der Waals surface area contributed by atoms with Crippen molar-refractivity contribution in [2.24, 2.45) is 0 Å². The Balaban J connectivity index is 1.57. The van der Waals surface area contributed by atoms with Crippen molar-refractivity contribution >= 4 is 32.6 Å². The summed E-state index contributed by atoms with van der Waals surface area (Å²) >= 11 is 1.56. The summed E-state index contributed by atoms with van der Waals surface area (Å²) < 4.78 is 12.2. The number of thiazole rings is 1. The molecule has 4 rings (SSSR count). The summed E-state index contributed by atoms with van der Waals surface area (Å²) in [6, 6.07) is 10.3. The smallest absolute Gasteiger partial charge is 0.233 e. The van der Waals surface area contributed by atoms with Crippen LogP contribution in [0.1, 0.15) is 35.6 Å². The first-order valence-electron chi connectivity index (χ1n) is 12.1. The van der Waals surface area contributed by atoms with Crippen molar-refractivity contribution in [3.05, 3.63) is 52.6 Å². The van der Waals surface area contributed by atoms with E-state index in [0.29, 0.717) is 19.6 Å². The fourth-order valence-electron chi connectivity index (χ4n) is 4.60. The zero-order valence-electron chi connectivity index (χ0n) is 20.7. The molecule has 0 saturated carbocycles. The van der Waals surface area contributed by atoms with Crippen molar-refractivity contribution in [2.75, 3.05) is 50.9 Å². The lowest BCUT2D eigenvalue weighted by molar-refractivity contribution is -0.118. The minimum atomic E-state index is 0.0983. The number of anilines is 1. The van der Waals surface area contributed by atoms with E-state index < -0.39 is 0 Å². The van der Waals surface area contributed by atoms with E-state index in [1.807, 2.05) is 30.0 Å². The van der Waals surface area contributed by atoms with E-state index in [-0.39, 0.29) is 5.91 Å². The number of hydrogen-bond acceptors (Lipinski definition) is 6. The van der Waals surface area contributed by atoms with Crippen molar-refractivity contribution in [3.63, 3.8) is 0 Å². The molecule has 1 amide bonds. The molecule has 0 aliphatic carbocycles. The van der Waals surface area contributed by atoms with Crippen LogP contribution in [-0.4, -0.2) is 61.8 Å². The number of carbonyl (C=O) groups is 1. The third-order valence-corrected chi connectivity index (χ3v) is 7.36. The Labute approximate surface area is 206 Å². The molecular weight excluding hydrogens is 446 g/mol. The number of nitrogens with zero attached hydrogens (tertiary/aromatic N) is 3. The van der Waals surface area contributed by atoms with Crippen molar-refractivity contribution in [1.82, 2.24) is 9.88 Å². The second-order valence-electron chi connectivity index (χ2n) is 8.97. The van der Waals surface area contributed by atoms with Gasteiger partial charge in [0.25, 0.3) is 0 Å². The van der Waals surface area contributed by atoms with E-state index in [4.69, 9.17) is 14.5 Å². The predicted molar refractivity (Wildman–Crippen MR) is 139 cm³/mol. The number of fused-ring (bicyclic) bond motifs is 1. The van der Waals surface area contributed by atoms with Gasteiger partial charge in [0, 0.05) is 26.2 Å². The van der Waals surface area contributed by atoms with Gasteiger partial charge in [-0.1, -0.05) is 29.0 Å². The molecule has 2 aromatic carbocycles. The number of rotatable bonds is 9. The van der Waals surface area contributed by atoms with Crippen LogP contribution in [0.25, 0.3) is 10.2 Å². The van der Waals surface area contributed by atoms with E-state index in [1.54, 1.807) is 11.3 Å². The molecule has 0 atom stereocenters. The van der Waals surface area contributed by atoms with Crippen LogP contribution in [0.3, 0.4) is 0 Å². The third kappa shape index (κ3) is 5.95. The number of benzene rings is 2. The number of carbonyl (C=O) groups excluding carboxylic acids is 1. The van der Waals surface area contributed by atoms with Crippen LogP contribution >= 0.6 is 11.3 Å². The highest BCUT2D eigenvalue weighted by atomic mass is 32.1. The molecule has 1 aliphatic rings. The largest absolute Gasteiger partial charge is 0.494 e. The van der Waals surface area contributed by atoms with Crippen LogP contribution in [0, 0.1) is 20.8 Å². The normalized spacial score (nSPS) is 14.5. The van der Waals surface area contributed by atoms with E-state index in [1.165, 1.54) is 16.7 Å². The number of morpholine rings is 1. The van der Waals surface area contributed by atoms with Gasteiger partial charge < -0.3 is 9.47 Å². The second kappa shape index (κ2) is 11.3. The minimum Gasteiger partial charge on any atom is -0.494 e. The van der Waals surface area contributed by atoms with Gasteiger partial charge in [-0.2, -0.15) is 0 Å². The Kier molecular flexibility index (Phi) is 8.19. The van der Waals surface area contributed by atoms with Gasteiger partial charge in [0.15, 0.2) is 5.13 Å². The monoisotopic (exact) mass is 481 g/mol. The Morgan fingerprint density at radius 3 is 2.59 bits per heavy atom. The first-order valence-corrected chi connectivity index (χ1v) is 13.0. The SMILES string of the molecule is CCOc1ccc2nc(N(CCCN3CCOCC3)C(=O)Cc3c(C)cc(C)cc3C)sc2c1. The Morgan fingerprint density at radius 2 is 1.88 bits per heavy atom. The molecule has 0 N–H and O–H groups in total. The highest BCUT2D eigenvalue weighted by Crippen LogP contribution is 2.32. The van der Waals surface area contributed by atoms with Crippen molar-refractivity contribution in [2.45, 2.75) is 40.5 Å². The zero-order chi connectivity index (χ0) is 24.1. The van der Waals surface area contributed by atoms with Crippen LogP contribution in [0.15, 0.2) is 30.3 Å². The first-order chi connectivity index (χ1) is 16.4. The van der Waals surface area contributed by atoms with Gasteiger partial charge in [-0.15, -0.1) is 0 Å². The molecule has 0 spiro atoms. The van der Waals surface area contributed by atoms with Crippen LogP contribution in [0.4, 0.5) is 5.13 Å². The molecule has 0 radical (unpaired) electrons. The molecule has 34 heavy (non-hydrogen) atoms. The van der Waals surface area contributed by atoms with Gasteiger partial charge in [0.2, 0.25) is 5.91 Å². The zero-order valence-corrected chi connectivity index (χ0v) is 21.5. The molecule has 7 heteroatoms. The van der Waals surface area contributed by atoms with Crippen LogP contribution in [-0.2, 0) is 16.0 Å². The number of amides is 1. The van der Waals surface area contributed by atoms with Gasteiger partial charge in [-0.05, 0) is 69.0 Å². The average Bonchev–Trinajstić information content (AvgIpc) is 3.23. The summed E-state index contributed by atoms with van der Waals surface area (Å²) in [7, 11) is 0. The second-order valence-corrected chi connectivity index (χ2v) is 9.98. The summed E-state index contributed by atoms with van der Waals surface area (Å²) in [5, 5.41) is 0.762. The van der Waals surface area contributed by atoms with Crippen LogP contribution in [0.2, 0.25) is 0 Å². The highest BCUT2D eigenvalue weighted by Gasteiger charge is 2.22. The van der Waals surface area contributed by atoms with Gasteiger partial charge >= 0.3 is 0 Å². The molecule has 1 aliphatic heterocycles. The Hall–Kier alpha value is -2.48. The molecule has 3 aromatic rings. The summed E-state index contributed by atoms with van der Waals surface area (Å²) in [6.07, 6.45) is 1.29. The number of aromatic nitrogens is 1. The topological polar surface area (TPSA) is 54.9 Å². The van der Waals surface area contributed by atoms with Crippen LogP contribution < -0.4 is 9.64 Å². The lowest BCUT2D eigenvalue weighted by Gasteiger charge is -2.28. The number of hydrogen-bond donors (Lipinski definition) is 0. The molecule has 182 valence electrons. The Morgan fingerprint density at radius 1 is 1.15 bits per heavy atom. The fourth-order valence-corrected chi connectivity index (χ4v) is 5.64. The number of ether oxygens (including phenoxy) is 2. The van der Waals surface area contributed by atoms with Crippen molar-refractivity contribution in [1.29, 1.82) is 0 Å². The van der Waals surface area contributed by atoms with E-state index in [2.05, 4.69) is 37.8 Å².